The zero-order valence-corrected chi connectivity index (χ0v) is 14.4. The van der Waals surface area contributed by atoms with E-state index in [-0.39, 0.29) is 30.7 Å². The van der Waals surface area contributed by atoms with Crippen LogP contribution in [0.15, 0.2) is 55.0 Å². The Kier molecular flexibility index (Phi) is 5.26. The summed E-state index contributed by atoms with van der Waals surface area (Å²) in [5.74, 6) is -0.814. The van der Waals surface area contributed by atoms with Crippen LogP contribution < -0.4 is 5.32 Å². The Morgan fingerprint density at radius 1 is 1.19 bits per heavy atom. The van der Waals surface area contributed by atoms with Gasteiger partial charge < -0.3 is 14.6 Å². The lowest BCUT2D eigenvalue weighted by Crippen LogP contribution is -2.40. The van der Waals surface area contributed by atoms with Gasteiger partial charge in [-0.2, -0.15) is 0 Å². The third-order valence-corrected chi connectivity index (χ3v) is 4.04. The fourth-order valence-corrected chi connectivity index (χ4v) is 2.59. The molecule has 3 rings (SSSR count). The van der Waals surface area contributed by atoms with E-state index in [1.165, 1.54) is 17.0 Å². The van der Waals surface area contributed by atoms with Gasteiger partial charge in [0, 0.05) is 31.7 Å². The van der Waals surface area contributed by atoms with Gasteiger partial charge in [-0.25, -0.2) is 9.37 Å². The fourth-order valence-electron chi connectivity index (χ4n) is 2.59. The van der Waals surface area contributed by atoms with E-state index in [1.54, 1.807) is 47.3 Å². The Morgan fingerprint density at radius 2 is 1.96 bits per heavy atom. The van der Waals surface area contributed by atoms with E-state index < -0.39 is 0 Å². The van der Waals surface area contributed by atoms with Crippen molar-refractivity contribution in [1.82, 2.24) is 19.6 Å². The normalized spacial score (nSPS) is 10.7. The van der Waals surface area contributed by atoms with Crippen molar-refractivity contribution in [2.24, 2.45) is 0 Å². The van der Waals surface area contributed by atoms with Gasteiger partial charge in [-0.1, -0.05) is 12.1 Å². The first kappa shape index (κ1) is 17.6. The third kappa shape index (κ3) is 4.05. The van der Waals surface area contributed by atoms with Gasteiger partial charge in [-0.05, 0) is 36.8 Å². The van der Waals surface area contributed by atoms with Gasteiger partial charge in [0.25, 0.3) is 5.91 Å². The van der Waals surface area contributed by atoms with Crippen LogP contribution in [-0.4, -0.2) is 39.2 Å². The minimum Gasteiger partial charge on any atom is -0.350 e. The number of carbonyl (C=O) groups is 2. The van der Waals surface area contributed by atoms with Crippen LogP contribution in [0.4, 0.5) is 4.39 Å². The van der Waals surface area contributed by atoms with Crippen LogP contribution in [-0.2, 0) is 11.3 Å². The number of hydrogen-bond donors (Lipinski definition) is 1. The number of pyridine rings is 1. The predicted octanol–water partition coefficient (Wildman–Crippen LogP) is 2.25. The van der Waals surface area contributed by atoms with Crippen molar-refractivity contribution in [3.63, 3.8) is 0 Å². The summed E-state index contributed by atoms with van der Waals surface area (Å²) in [7, 11) is 0. The highest BCUT2D eigenvalue weighted by atomic mass is 19.1. The average Bonchev–Trinajstić information content (AvgIpc) is 3.13. The standard InChI is InChI=1S/C19H19FN4O2/c1-2-23(13-18(25)22-11-14-3-6-16(20)7-4-14)19(26)15-5-8-17-21-9-10-24(17)12-15/h3-10,12H,2,11,13H2,1H3,(H,22,25). The molecule has 2 aromatic heterocycles. The van der Waals surface area contributed by atoms with Crippen molar-refractivity contribution >= 4 is 17.5 Å². The molecule has 0 aliphatic carbocycles. The maximum absolute atomic E-state index is 12.9. The number of fused-ring (bicyclic) bond motifs is 1. The second kappa shape index (κ2) is 7.77. The molecular formula is C19H19FN4O2. The minimum atomic E-state index is -0.322. The lowest BCUT2D eigenvalue weighted by Gasteiger charge is -2.20. The minimum absolute atomic E-state index is 0.0432. The van der Waals surface area contributed by atoms with E-state index in [1.807, 2.05) is 6.92 Å². The highest BCUT2D eigenvalue weighted by Gasteiger charge is 2.17. The van der Waals surface area contributed by atoms with Gasteiger partial charge in [0.15, 0.2) is 0 Å². The highest BCUT2D eigenvalue weighted by Crippen LogP contribution is 2.08. The van der Waals surface area contributed by atoms with Crippen molar-refractivity contribution in [2.45, 2.75) is 13.5 Å². The molecule has 0 bridgehead atoms. The highest BCUT2D eigenvalue weighted by molar-refractivity contribution is 5.96. The monoisotopic (exact) mass is 354 g/mol. The first-order valence-electron chi connectivity index (χ1n) is 8.30. The van der Waals surface area contributed by atoms with Crippen LogP contribution in [0.2, 0.25) is 0 Å². The number of amides is 2. The summed E-state index contributed by atoms with van der Waals surface area (Å²) in [5.41, 5.74) is 2.03. The lowest BCUT2D eigenvalue weighted by atomic mass is 10.2. The number of imidazole rings is 1. The SMILES string of the molecule is CCN(CC(=O)NCc1ccc(F)cc1)C(=O)c1ccc2nccn2c1. The first-order valence-corrected chi connectivity index (χ1v) is 8.30. The Labute approximate surface area is 150 Å². The maximum atomic E-state index is 12.9. The van der Waals surface area contributed by atoms with Crippen LogP contribution in [0.5, 0.6) is 0 Å². The summed E-state index contributed by atoms with van der Waals surface area (Å²) in [6, 6.07) is 9.36. The molecule has 0 spiro atoms. The van der Waals surface area contributed by atoms with Crippen LogP contribution in [0.25, 0.3) is 5.65 Å². The largest absolute Gasteiger partial charge is 0.350 e. The molecule has 0 saturated carbocycles. The molecule has 1 aromatic carbocycles. The number of likely N-dealkylation sites (N-methyl/N-ethyl adjacent to an activating group) is 1. The van der Waals surface area contributed by atoms with E-state index in [4.69, 9.17) is 0 Å². The number of halogens is 1. The summed E-state index contributed by atoms with van der Waals surface area (Å²) in [4.78, 5) is 30.4. The first-order chi connectivity index (χ1) is 12.6. The van der Waals surface area contributed by atoms with E-state index in [2.05, 4.69) is 10.3 Å². The van der Waals surface area contributed by atoms with Gasteiger partial charge in [0.05, 0.1) is 12.1 Å². The van der Waals surface area contributed by atoms with Gasteiger partial charge in [0.2, 0.25) is 5.91 Å². The van der Waals surface area contributed by atoms with Crippen LogP contribution >= 0.6 is 0 Å². The molecule has 0 saturated heterocycles. The van der Waals surface area contributed by atoms with Crippen molar-refractivity contribution in [3.05, 3.63) is 71.9 Å². The van der Waals surface area contributed by atoms with E-state index in [0.717, 1.165) is 11.2 Å². The molecule has 6 nitrogen and oxygen atoms in total. The zero-order chi connectivity index (χ0) is 18.5. The quantitative estimate of drug-likeness (QED) is 0.738. The molecule has 0 radical (unpaired) electrons. The second-order valence-corrected chi connectivity index (χ2v) is 5.83. The van der Waals surface area contributed by atoms with Gasteiger partial charge in [-0.15, -0.1) is 0 Å². The van der Waals surface area contributed by atoms with Gasteiger partial charge in [-0.3, -0.25) is 9.59 Å². The number of nitrogens with zero attached hydrogens (tertiary/aromatic N) is 3. The Hall–Kier alpha value is -3.22. The molecule has 134 valence electrons. The molecule has 0 fully saturated rings. The Balaban J connectivity index is 1.61. The average molecular weight is 354 g/mol. The Bertz CT molecular complexity index is 921. The fraction of sp³-hybridized carbons (Fsp3) is 0.211. The smallest absolute Gasteiger partial charge is 0.255 e. The summed E-state index contributed by atoms with van der Waals surface area (Å²) < 4.78 is 14.7. The summed E-state index contributed by atoms with van der Waals surface area (Å²) in [5, 5.41) is 2.74. The van der Waals surface area contributed by atoms with E-state index in [0.29, 0.717) is 12.1 Å². The predicted molar refractivity (Wildman–Crippen MR) is 95.0 cm³/mol. The number of aromatic nitrogens is 2. The molecule has 2 heterocycles. The molecule has 0 aliphatic rings. The molecule has 0 atom stereocenters. The lowest BCUT2D eigenvalue weighted by molar-refractivity contribution is -0.121. The summed E-state index contributed by atoms with van der Waals surface area (Å²) >= 11 is 0. The van der Waals surface area contributed by atoms with E-state index >= 15 is 0 Å². The summed E-state index contributed by atoms with van der Waals surface area (Å²) in [6.07, 6.45) is 5.12. The second-order valence-electron chi connectivity index (χ2n) is 5.83. The number of nitrogens with one attached hydrogen (secondary N) is 1. The molecule has 7 heteroatoms. The number of hydrogen-bond acceptors (Lipinski definition) is 3. The number of carbonyl (C=O) groups excluding carboxylic acids is 2. The summed E-state index contributed by atoms with van der Waals surface area (Å²) in [6.45, 7) is 2.47. The molecule has 2 amide bonds. The van der Waals surface area contributed by atoms with Crippen LogP contribution in [0.1, 0.15) is 22.8 Å². The molecule has 0 unspecified atom stereocenters. The van der Waals surface area contributed by atoms with Crippen molar-refractivity contribution in [2.75, 3.05) is 13.1 Å². The molecule has 3 aromatic rings. The number of rotatable bonds is 6. The third-order valence-electron chi connectivity index (χ3n) is 4.04. The van der Waals surface area contributed by atoms with Crippen molar-refractivity contribution in [3.8, 4) is 0 Å². The van der Waals surface area contributed by atoms with Crippen LogP contribution in [0, 0.1) is 5.82 Å². The number of benzene rings is 1. The molecule has 0 aliphatic heterocycles. The zero-order valence-electron chi connectivity index (χ0n) is 14.4. The molecule has 26 heavy (non-hydrogen) atoms. The topological polar surface area (TPSA) is 66.7 Å². The molecular weight excluding hydrogens is 335 g/mol. The van der Waals surface area contributed by atoms with Gasteiger partial charge >= 0.3 is 0 Å². The van der Waals surface area contributed by atoms with Crippen LogP contribution in [0.3, 0.4) is 0 Å². The molecule has 1 N–H and O–H groups in total. The van der Waals surface area contributed by atoms with Crippen molar-refractivity contribution in [1.29, 1.82) is 0 Å². The van der Waals surface area contributed by atoms with Crippen molar-refractivity contribution < 1.29 is 14.0 Å². The Morgan fingerprint density at radius 3 is 2.69 bits per heavy atom. The van der Waals surface area contributed by atoms with Gasteiger partial charge in [0.1, 0.15) is 11.5 Å². The maximum Gasteiger partial charge on any atom is 0.255 e. The van der Waals surface area contributed by atoms with E-state index in [9.17, 15) is 14.0 Å².